The van der Waals surface area contributed by atoms with Crippen molar-refractivity contribution in [2.75, 3.05) is 7.11 Å². The molecule has 1 aliphatic carbocycles. The smallest absolute Gasteiger partial charge is 0.316 e. The highest BCUT2D eigenvalue weighted by molar-refractivity contribution is 5.84. The highest BCUT2D eigenvalue weighted by Crippen LogP contribution is 2.45. The second-order valence-electron chi connectivity index (χ2n) is 4.98. The van der Waals surface area contributed by atoms with E-state index in [4.69, 9.17) is 4.74 Å². The molecule has 1 fully saturated rings. The molecule has 0 aromatic heterocycles. The number of carbonyl (C=O) groups is 2. The van der Waals surface area contributed by atoms with Crippen molar-refractivity contribution in [1.82, 2.24) is 0 Å². The van der Waals surface area contributed by atoms with Crippen LogP contribution in [0, 0.1) is 0 Å². The number of ether oxygens (including phenoxy) is 1. The second-order valence-corrected chi connectivity index (χ2v) is 4.98. The topological polar surface area (TPSA) is 43.4 Å². The van der Waals surface area contributed by atoms with Gasteiger partial charge < -0.3 is 9.53 Å². The highest BCUT2D eigenvalue weighted by Gasteiger charge is 2.46. The molecule has 3 heteroatoms. The van der Waals surface area contributed by atoms with E-state index in [9.17, 15) is 9.59 Å². The predicted octanol–water partition coefficient (Wildman–Crippen LogP) is 2.58. The summed E-state index contributed by atoms with van der Waals surface area (Å²) in [5, 5.41) is 0. The molecule has 0 saturated heterocycles. The van der Waals surface area contributed by atoms with Crippen LogP contribution in [0.1, 0.15) is 43.2 Å². The van der Waals surface area contributed by atoms with Gasteiger partial charge in [-0.3, -0.25) is 4.79 Å². The summed E-state index contributed by atoms with van der Waals surface area (Å²) in [5.74, 6) is -0.302. The van der Waals surface area contributed by atoms with Gasteiger partial charge in [-0.15, -0.1) is 0 Å². The normalized spacial score (nSPS) is 18.6. The quantitative estimate of drug-likeness (QED) is 0.606. The number of benzene rings is 1. The Balaban J connectivity index is 2.38. The summed E-state index contributed by atoms with van der Waals surface area (Å²) >= 11 is 0. The number of carbonyl (C=O) groups excluding carboxylic acids is 2. The Morgan fingerprint density at radius 3 is 2.67 bits per heavy atom. The maximum atomic E-state index is 12.0. The zero-order chi connectivity index (χ0) is 13.2. The summed E-state index contributed by atoms with van der Waals surface area (Å²) in [7, 11) is 1.43. The minimum absolute atomic E-state index is 0.139. The minimum Gasteiger partial charge on any atom is -0.468 e. The van der Waals surface area contributed by atoms with Crippen molar-refractivity contribution >= 4 is 12.3 Å². The average Bonchev–Trinajstić information content (AvgIpc) is 2.36. The van der Waals surface area contributed by atoms with Gasteiger partial charge in [0.15, 0.2) is 0 Å². The van der Waals surface area contributed by atoms with E-state index in [0.717, 1.165) is 36.7 Å². The van der Waals surface area contributed by atoms with Crippen molar-refractivity contribution < 1.29 is 14.3 Å². The van der Waals surface area contributed by atoms with Crippen LogP contribution in [0.3, 0.4) is 0 Å². The largest absolute Gasteiger partial charge is 0.468 e. The first-order chi connectivity index (χ1) is 8.64. The second kappa shape index (κ2) is 4.92. The standard InChI is InChI=1S/C15H18O3/c1-11(10-16)12-5-3-6-13(9-12)15(7-4-8-15)14(17)18-2/h3,5-6,9-11H,4,7-8H2,1-2H3. The molecule has 2 rings (SSSR count). The molecule has 1 unspecified atom stereocenters. The molecule has 1 aromatic rings. The molecule has 1 aromatic carbocycles. The lowest BCUT2D eigenvalue weighted by molar-refractivity contribution is -0.151. The van der Waals surface area contributed by atoms with Crippen LogP contribution in [0.25, 0.3) is 0 Å². The van der Waals surface area contributed by atoms with Crippen LogP contribution in [0.15, 0.2) is 24.3 Å². The van der Waals surface area contributed by atoms with Crippen molar-refractivity contribution in [2.24, 2.45) is 0 Å². The molecule has 0 amide bonds. The summed E-state index contributed by atoms with van der Waals surface area (Å²) in [5.41, 5.74) is 1.46. The molecule has 1 atom stereocenters. The minimum atomic E-state index is -0.479. The van der Waals surface area contributed by atoms with Crippen molar-refractivity contribution in [3.63, 3.8) is 0 Å². The van der Waals surface area contributed by atoms with Gasteiger partial charge in [0.05, 0.1) is 12.5 Å². The van der Waals surface area contributed by atoms with Crippen molar-refractivity contribution in [1.29, 1.82) is 0 Å². The van der Waals surface area contributed by atoms with Crippen LogP contribution in [0.2, 0.25) is 0 Å². The van der Waals surface area contributed by atoms with Gasteiger partial charge in [0.25, 0.3) is 0 Å². The number of rotatable bonds is 4. The number of methoxy groups -OCH3 is 1. The molecular formula is C15H18O3. The summed E-state index contributed by atoms with van der Waals surface area (Å²) in [6.45, 7) is 1.86. The third kappa shape index (κ3) is 1.94. The van der Waals surface area contributed by atoms with Gasteiger partial charge in [0, 0.05) is 5.92 Å². The Morgan fingerprint density at radius 2 is 2.17 bits per heavy atom. The van der Waals surface area contributed by atoms with Crippen LogP contribution in [0.4, 0.5) is 0 Å². The Labute approximate surface area is 107 Å². The maximum absolute atomic E-state index is 12.0. The van der Waals surface area contributed by atoms with Gasteiger partial charge in [-0.1, -0.05) is 37.6 Å². The molecule has 96 valence electrons. The van der Waals surface area contributed by atoms with E-state index < -0.39 is 5.41 Å². The maximum Gasteiger partial charge on any atom is 0.316 e. The Bertz CT molecular complexity index is 461. The lowest BCUT2D eigenvalue weighted by Crippen LogP contribution is -2.43. The lowest BCUT2D eigenvalue weighted by atomic mass is 9.64. The van der Waals surface area contributed by atoms with E-state index in [-0.39, 0.29) is 11.9 Å². The van der Waals surface area contributed by atoms with E-state index in [1.165, 1.54) is 7.11 Å². The van der Waals surface area contributed by atoms with E-state index >= 15 is 0 Å². The van der Waals surface area contributed by atoms with Crippen molar-refractivity contribution in [3.8, 4) is 0 Å². The zero-order valence-electron chi connectivity index (χ0n) is 10.8. The van der Waals surface area contributed by atoms with Crippen molar-refractivity contribution in [2.45, 2.75) is 37.5 Å². The highest BCUT2D eigenvalue weighted by atomic mass is 16.5. The first-order valence-corrected chi connectivity index (χ1v) is 6.28. The number of aldehydes is 1. The summed E-state index contributed by atoms with van der Waals surface area (Å²) in [4.78, 5) is 22.8. The zero-order valence-corrected chi connectivity index (χ0v) is 10.8. The van der Waals surface area contributed by atoms with Gasteiger partial charge >= 0.3 is 5.97 Å². The van der Waals surface area contributed by atoms with E-state index in [0.29, 0.717) is 0 Å². The van der Waals surface area contributed by atoms with Crippen molar-refractivity contribution in [3.05, 3.63) is 35.4 Å². The summed E-state index contributed by atoms with van der Waals surface area (Å²) in [6, 6.07) is 7.76. The molecule has 0 bridgehead atoms. The van der Waals surface area contributed by atoms with Crippen LogP contribution < -0.4 is 0 Å². The Hall–Kier alpha value is -1.64. The first-order valence-electron chi connectivity index (χ1n) is 6.28. The van der Waals surface area contributed by atoms with Crippen LogP contribution >= 0.6 is 0 Å². The molecule has 18 heavy (non-hydrogen) atoms. The summed E-state index contributed by atoms with van der Waals surface area (Å²) in [6.07, 6.45) is 3.63. The molecule has 1 saturated carbocycles. The average molecular weight is 246 g/mol. The van der Waals surface area contributed by atoms with Gasteiger partial charge in [0.2, 0.25) is 0 Å². The van der Waals surface area contributed by atoms with E-state index in [2.05, 4.69) is 0 Å². The van der Waals surface area contributed by atoms with Gasteiger partial charge in [0.1, 0.15) is 6.29 Å². The molecule has 0 N–H and O–H groups in total. The Morgan fingerprint density at radius 1 is 1.44 bits per heavy atom. The fraction of sp³-hybridized carbons (Fsp3) is 0.467. The molecular weight excluding hydrogens is 228 g/mol. The number of esters is 1. The first kappa shape index (κ1) is 12.8. The fourth-order valence-corrected chi connectivity index (χ4v) is 2.53. The van der Waals surface area contributed by atoms with E-state index in [1.54, 1.807) is 0 Å². The third-order valence-corrected chi connectivity index (χ3v) is 3.95. The number of hydrogen-bond donors (Lipinski definition) is 0. The fourth-order valence-electron chi connectivity index (χ4n) is 2.53. The molecule has 0 heterocycles. The number of hydrogen-bond acceptors (Lipinski definition) is 3. The molecule has 0 radical (unpaired) electrons. The summed E-state index contributed by atoms with van der Waals surface area (Å²) < 4.78 is 4.93. The molecule has 1 aliphatic rings. The van der Waals surface area contributed by atoms with Crippen LogP contribution in [0.5, 0.6) is 0 Å². The van der Waals surface area contributed by atoms with Gasteiger partial charge in [-0.05, 0) is 24.0 Å². The molecule has 0 aliphatic heterocycles. The van der Waals surface area contributed by atoms with Gasteiger partial charge in [-0.25, -0.2) is 0 Å². The lowest BCUT2D eigenvalue weighted by Gasteiger charge is -2.39. The molecule has 3 nitrogen and oxygen atoms in total. The SMILES string of the molecule is COC(=O)C1(c2cccc(C(C)C=O)c2)CCC1. The monoisotopic (exact) mass is 246 g/mol. The van der Waals surface area contributed by atoms with Crippen LogP contribution in [-0.2, 0) is 19.7 Å². The predicted molar refractivity (Wildman–Crippen MR) is 68.5 cm³/mol. The van der Waals surface area contributed by atoms with Crippen LogP contribution in [-0.4, -0.2) is 19.4 Å². The van der Waals surface area contributed by atoms with E-state index in [1.807, 2.05) is 31.2 Å². The molecule has 0 spiro atoms. The third-order valence-electron chi connectivity index (χ3n) is 3.95. The van der Waals surface area contributed by atoms with Gasteiger partial charge in [-0.2, -0.15) is 0 Å². The Kier molecular flexibility index (Phi) is 3.50.